The van der Waals surface area contributed by atoms with Crippen molar-refractivity contribution in [3.63, 3.8) is 0 Å². The van der Waals surface area contributed by atoms with E-state index in [1.807, 2.05) is 6.07 Å². The van der Waals surface area contributed by atoms with Gasteiger partial charge in [0.05, 0.1) is 0 Å². The van der Waals surface area contributed by atoms with E-state index in [-0.39, 0.29) is 11.8 Å². The van der Waals surface area contributed by atoms with Crippen LogP contribution in [0.15, 0.2) is 22.7 Å². The predicted octanol–water partition coefficient (Wildman–Crippen LogP) is 2.99. The Kier molecular flexibility index (Phi) is 1.46. The van der Waals surface area contributed by atoms with Gasteiger partial charge in [0.15, 0.2) is 0 Å². The summed E-state index contributed by atoms with van der Waals surface area (Å²) in [7, 11) is 0. The van der Waals surface area contributed by atoms with Crippen molar-refractivity contribution < 1.29 is 4.79 Å². The zero-order valence-corrected chi connectivity index (χ0v) is 8.67. The maximum atomic E-state index is 11.7. The monoisotopic (exact) mass is 236 g/mol. The Morgan fingerprint density at radius 1 is 1.15 bits per heavy atom. The molecule has 2 heteroatoms. The van der Waals surface area contributed by atoms with Crippen LogP contribution in [0.2, 0.25) is 0 Å². The number of hydrogen-bond acceptors (Lipinski definition) is 1. The number of benzene rings is 1. The molecular weight excluding hydrogens is 228 g/mol. The second kappa shape index (κ2) is 2.44. The summed E-state index contributed by atoms with van der Waals surface area (Å²) in [4.78, 5) is 11.7. The Bertz CT molecular complexity index is 397. The first kappa shape index (κ1) is 7.74. The van der Waals surface area contributed by atoms with Crippen LogP contribution in [0.25, 0.3) is 0 Å². The molecule has 1 aromatic carbocycles. The molecule has 3 rings (SSSR count). The van der Waals surface area contributed by atoms with E-state index in [0.717, 1.165) is 17.3 Å². The van der Waals surface area contributed by atoms with E-state index in [1.54, 1.807) is 0 Å². The van der Waals surface area contributed by atoms with Gasteiger partial charge in [-0.25, -0.2) is 0 Å². The van der Waals surface area contributed by atoms with Gasteiger partial charge in [-0.05, 0) is 36.1 Å². The molecule has 0 aliphatic heterocycles. The highest BCUT2D eigenvalue weighted by Gasteiger charge is 2.44. The number of fused-ring (bicyclic) bond motifs is 5. The molecule has 1 nitrogen and oxygen atoms in total. The SMILES string of the molecule is O=C1[C@H]2CC[C@@H]1c1cc(Br)ccc12. The van der Waals surface area contributed by atoms with E-state index in [2.05, 4.69) is 28.1 Å². The molecule has 2 atom stereocenters. The molecular formula is C11H9BrO. The summed E-state index contributed by atoms with van der Waals surface area (Å²) in [6, 6.07) is 6.24. The van der Waals surface area contributed by atoms with E-state index in [1.165, 1.54) is 11.1 Å². The standard InChI is InChI=1S/C11H9BrO/c12-6-1-2-7-8-3-4-9(11(8)13)10(7)5-6/h1-2,5,8-9H,3-4H2/t8-,9+/m0/s1. The van der Waals surface area contributed by atoms with Crippen LogP contribution in [-0.4, -0.2) is 5.78 Å². The van der Waals surface area contributed by atoms with Crippen molar-refractivity contribution in [3.8, 4) is 0 Å². The summed E-state index contributed by atoms with van der Waals surface area (Å²) in [5, 5.41) is 0. The highest BCUT2D eigenvalue weighted by atomic mass is 79.9. The molecule has 0 saturated heterocycles. The van der Waals surface area contributed by atoms with Gasteiger partial charge >= 0.3 is 0 Å². The number of rotatable bonds is 0. The van der Waals surface area contributed by atoms with Crippen molar-refractivity contribution in [1.29, 1.82) is 0 Å². The van der Waals surface area contributed by atoms with Crippen LogP contribution in [0, 0.1) is 0 Å². The first-order valence-electron chi connectivity index (χ1n) is 4.60. The molecule has 66 valence electrons. The van der Waals surface area contributed by atoms with Gasteiger partial charge < -0.3 is 0 Å². The molecule has 0 N–H and O–H groups in total. The lowest BCUT2D eigenvalue weighted by molar-refractivity contribution is -0.119. The minimum atomic E-state index is 0.220. The van der Waals surface area contributed by atoms with Gasteiger partial charge in [0.25, 0.3) is 0 Å². The summed E-state index contributed by atoms with van der Waals surface area (Å²) in [6.07, 6.45) is 2.13. The second-order valence-electron chi connectivity index (χ2n) is 3.86. The van der Waals surface area contributed by atoms with Crippen LogP contribution in [-0.2, 0) is 4.79 Å². The molecule has 2 aliphatic carbocycles. The van der Waals surface area contributed by atoms with Crippen LogP contribution >= 0.6 is 15.9 Å². The average Bonchev–Trinajstić information content (AvgIpc) is 2.59. The molecule has 2 bridgehead atoms. The molecule has 0 spiro atoms. The minimum Gasteiger partial charge on any atom is -0.298 e. The highest BCUT2D eigenvalue weighted by molar-refractivity contribution is 9.10. The first-order chi connectivity index (χ1) is 6.27. The van der Waals surface area contributed by atoms with Gasteiger partial charge in [-0.3, -0.25) is 4.79 Å². The molecule has 0 heterocycles. The number of Topliss-reactive ketones (excluding diaryl/α,β-unsaturated/α-hetero) is 1. The van der Waals surface area contributed by atoms with E-state index >= 15 is 0 Å². The van der Waals surface area contributed by atoms with Gasteiger partial charge in [-0.15, -0.1) is 0 Å². The largest absolute Gasteiger partial charge is 0.298 e. The number of carbonyl (C=O) groups is 1. The van der Waals surface area contributed by atoms with Crippen LogP contribution in [0.4, 0.5) is 0 Å². The molecule has 1 saturated carbocycles. The number of carbonyl (C=O) groups excluding carboxylic acids is 1. The van der Waals surface area contributed by atoms with Crippen molar-refractivity contribution in [3.05, 3.63) is 33.8 Å². The summed E-state index contributed by atoms with van der Waals surface area (Å²) >= 11 is 3.45. The second-order valence-corrected chi connectivity index (χ2v) is 4.77. The molecule has 0 amide bonds. The quantitative estimate of drug-likeness (QED) is 0.677. The van der Waals surface area contributed by atoms with Gasteiger partial charge in [0, 0.05) is 16.3 Å². The Morgan fingerprint density at radius 3 is 2.62 bits per heavy atom. The maximum Gasteiger partial charge on any atom is 0.147 e. The molecule has 1 fully saturated rings. The van der Waals surface area contributed by atoms with Crippen molar-refractivity contribution in [2.24, 2.45) is 0 Å². The fraction of sp³-hybridized carbons (Fsp3) is 0.364. The first-order valence-corrected chi connectivity index (χ1v) is 5.40. The van der Waals surface area contributed by atoms with Crippen LogP contribution in [0.3, 0.4) is 0 Å². The molecule has 1 aromatic rings. The fourth-order valence-electron chi connectivity index (χ4n) is 2.64. The molecule has 0 unspecified atom stereocenters. The Balaban J connectivity index is 2.24. The third-order valence-electron chi connectivity index (χ3n) is 3.23. The minimum absolute atomic E-state index is 0.220. The molecule has 13 heavy (non-hydrogen) atoms. The van der Waals surface area contributed by atoms with Crippen LogP contribution in [0.5, 0.6) is 0 Å². The number of ketones is 1. The Labute approximate surface area is 85.3 Å². The van der Waals surface area contributed by atoms with Gasteiger partial charge in [0.2, 0.25) is 0 Å². The molecule has 0 radical (unpaired) electrons. The number of hydrogen-bond donors (Lipinski definition) is 0. The van der Waals surface area contributed by atoms with Crippen molar-refractivity contribution in [2.75, 3.05) is 0 Å². The zero-order valence-electron chi connectivity index (χ0n) is 7.09. The third-order valence-corrected chi connectivity index (χ3v) is 3.72. The summed E-state index contributed by atoms with van der Waals surface area (Å²) in [6.45, 7) is 0. The zero-order chi connectivity index (χ0) is 9.00. The fourth-order valence-corrected chi connectivity index (χ4v) is 3.02. The van der Waals surface area contributed by atoms with Crippen molar-refractivity contribution >= 4 is 21.7 Å². The summed E-state index contributed by atoms with van der Waals surface area (Å²) in [5.74, 6) is 0.902. The van der Waals surface area contributed by atoms with E-state index in [4.69, 9.17) is 0 Å². The predicted molar refractivity (Wildman–Crippen MR) is 53.9 cm³/mol. The van der Waals surface area contributed by atoms with E-state index in [0.29, 0.717) is 5.78 Å². The Hall–Kier alpha value is -0.630. The topological polar surface area (TPSA) is 17.1 Å². The average molecular weight is 237 g/mol. The molecule has 2 aliphatic rings. The normalized spacial score (nSPS) is 29.5. The van der Waals surface area contributed by atoms with E-state index in [9.17, 15) is 4.79 Å². The van der Waals surface area contributed by atoms with Crippen molar-refractivity contribution in [2.45, 2.75) is 24.7 Å². The molecule has 0 aromatic heterocycles. The number of halogens is 1. The van der Waals surface area contributed by atoms with Crippen LogP contribution in [0.1, 0.15) is 35.8 Å². The Morgan fingerprint density at radius 2 is 1.85 bits per heavy atom. The van der Waals surface area contributed by atoms with E-state index < -0.39 is 0 Å². The lowest BCUT2D eigenvalue weighted by atomic mass is 9.92. The van der Waals surface area contributed by atoms with Gasteiger partial charge in [0.1, 0.15) is 5.78 Å². The third kappa shape index (κ3) is 0.896. The lowest BCUT2D eigenvalue weighted by Gasteiger charge is -2.12. The highest BCUT2D eigenvalue weighted by Crippen LogP contribution is 2.50. The van der Waals surface area contributed by atoms with Gasteiger partial charge in [-0.2, -0.15) is 0 Å². The van der Waals surface area contributed by atoms with Crippen molar-refractivity contribution in [1.82, 2.24) is 0 Å². The van der Waals surface area contributed by atoms with Crippen LogP contribution < -0.4 is 0 Å². The maximum absolute atomic E-state index is 11.7. The smallest absolute Gasteiger partial charge is 0.147 e. The van der Waals surface area contributed by atoms with Gasteiger partial charge in [-0.1, -0.05) is 22.0 Å². The summed E-state index contributed by atoms with van der Waals surface area (Å²) in [5.41, 5.74) is 2.56. The lowest BCUT2D eigenvalue weighted by Crippen LogP contribution is -1.98. The summed E-state index contributed by atoms with van der Waals surface area (Å²) < 4.78 is 1.09.